The Balaban J connectivity index is 1.50. The Morgan fingerprint density at radius 1 is 1.11 bits per heavy atom. The van der Waals surface area contributed by atoms with Crippen LogP contribution in [-0.4, -0.2) is 42.8 Å². The van der Waals surface area contributed by atoms with E-state index in [1.807, 2.05) is 24.3 Å². The molecule has 7 nitrogen and oxygen atoms in total. The van der Waals surface area contributed by atoms with Gasteiger partial charge in [0, 0.05) is 17.6 Å². The zero-order valence-corrected chi connectivity index (χ0v) is 15.1. The number of aromatic nitrogens is 1. The summed E-state index contributed by atoms with van der Waals surface area (Å²) in [5, 5.41) is 1.58. The fraction of sp³-hybridized carbons (Fsp3) is 0.158. The molecule has 0 atom stereocenters. The standard InChI is InChI=1S/C19H17N3O4S/c20-19(23)17-10-14(8-9-21-17)26-15-11-22(12-15)27(24,25)18-7-3-5-13-4-1-2-6-16(13)18/h1-10,15H,11-12H2,(H2,20,23). The molecule has 2 aromatic carbocycles. The predicted octanol–water partition coefficient (Wildman–Crippen LogP) is 1.79. The highest BCUT2D eigenvalue weighted by Gasteiger charge is 2.38. The Bertz CT molecular complexity index is 1120. The van der Waals surface area contributed by atoms with Gasteiger partial charge in [0.15, 0.2) is 0 Å². The van der Waals surface area contributed by atoms with Crippen molar-refractivity contribution in [2.75, 3.05) is 13.1 Å². The first kappa shape index (κ1) is 17.4. The second-order valence-electron chi connectivity index (χ2n) is 6.28. The van der Waals surface area contributed by atoms with E-state index in [0.29, 0.717) is 16.0 Å². The molecule has 1 saturated heterocycles. The van der Waals surface area contributed by atoms with Crippen molar-refractivity contribution >= 4 is 26.7 Å². The summed E-state index contributed by atoms with van der Waals surface area (Å²) < 4.78 is 33.1. The molecular formula is C19H17N3O4S. The molecule has 2 heterocycles. The van der Waals surface area contributed by atoms with E-state index in [9.17, 15) is 13.2 Å². The van der Waals surface area contributed by atoms with Crippen LogP contribution in [0.5, 0.6) is 5.75 Å². The molecule has 138 valence electrons. The molecule has 2 N–H and O–H groups in total. The first-order valence-electron chi connectivity index (χ1n) is 8.35. The van der Waals surface area contributed by atoms with Gasteiger partial charge in [-0.2, -0.15) is 4.31 Å². The highest BCUT2D eigenvalue weighted by Crippen LogP contribution is 2.29. The maximum Gasteiger partial charge on any atom is 0.267 e. The molecule has 0 saturated carbocycles. The van der Waals surface area contributed by atoms with E-state index in [2.05, 4.69) is 4.98 Å². The minimum Gasteiger partial charge on any atom is -0.488 e. The van der Waals surface area contributed by atoms with Crippen LogP contribution in [0.4, 0.5) is 0 Å². The number of primary amides is 1. The molecule has 0 aliphatic carbocycles. The second kappa shape index (κ2) is 6.64. The zero-order valence-electron chi connectivity index (χ0n) is 14.3. The van der Waals surface area contributed by atoms with Gasteiger partial charge in [0.2, 0.25) is 10.0 Å². The average molecular weight is 383 g/mol. The van der Waals surface area contributed by atoms with Gasteiger partial charge in [-0.15, -0.1) is 0 Å². The summed E-state index contributed by atoms with van der Waals surface area (Å²) in [7, 11) is -3.61. The molecule has 0 bridgehead atoms. The van der Waals surface area contributed by atoms with Gasteiger partial charge in [-0.05, 0) is 17.5 Å². The Hall–Kier alpha value is -2.97. The minimum atomic E-state index is -3.61. The zero-order chi connectivity index (χ0) is 19.0. The Labute approximate surface area is 156 Å². The molecule has 3 aromatic rings. The number of carbonyl (C=O) groups excluding carboxylic acids is 1. The van der Waals surface area contributed by atoms with Gasteiger partial charge in [0.25, 0.3) is 5.91 Å². The molecule has 1 aliphatic heterocycles. The molecule has 4 rings (SSSR count). The molecule has 8 heteroatoms. The number of hydrogen-bond acceptors (Lipinski definition) is 5. The van der Waals surface area contributed by atoms with E-state index in [-0.39, 0.29) is 24.9 Å². The number of carbonyl (C=O) groups is 1. The van der Waals surface area contributed by atoms with Crippen molar-refractivity contribution in [3.8, 4) is 5.75 Å². The molecule has 0 radical (unpaired) electrons. The van der Waals surface area contributed by atoms with Crippen molar-refractivity contribution < 1.29 is 17.9 Å². The summed E-state index contributed by atoms with van der Waals surface area (Å²) in [6.45, 7) is 0.472. The maximum absolute atomic E-state index is 13.0. The van der Waals surface area contributed by atoms with Crippen LogP contribution < -0.4 is 10.5 Å². The third-order valence-corrected chi connectivity index (χ3v) is 6.36. The lowest BCUT2D eigenvalue weighted by Crippen LogP contribution is -2.56. The van der Waals surface area contributed by atoms with Gasteiger partial charge in [-0.3, -0.25) is 9.78 Å². The van der Waals surface area contributed by atoms with Crippen LogP contribution in [0.25, 0.3) is 10.8 Å². The van der Waals surface area contributed by atoms with Gasteiger partial charge < -0.3 is 10.5 Å². The molecule has 1 amide bonds. The Morgan fingerprint density at radius 2 is 1.85 bits per heavy atom. The van der Waals surface area contributed by atoms with Gasteiger partial charge in [-0.1, -0.05) is 36.4 Å². The van der Waals surface area contributed by atoms with Crippen molar-refractivity contribution in [3.63, 3.8) is 0 Å². The number of fused-ring (bicyclic) bond motifs is 1. The van der Waals surface area contributed by atoms with Crippen LogP contribution >= 0.6 is 0 Å². The van der Waals surface area contributed by atoms with E-state index >= 15 is 0 Å². The lowest BCUT2D eigenvalue weighted by molar-refractivity contribution is 0.0759. The van der Waals surface area contributed by atoms with Crippen LogP contribution in [0, 0.1) is 0 Å². The SMILES string of the molecule is NC(=O)c1cc(OC2CN(S(=O)(=O)c3cccc4ccccc34)C2)ccn1. The van der Waals surface area contributed by atoms with E-state index in [1.165, 1.54) is 16.6 Å². The first-order valence-corrected chi connectivity index (χ1v) is 9.79. The molecule has 0 unspecified atom stereocenters. The largest absolute Gasteiger partial charge is 0.488 e. The third-order valence-electron chi connectivity index (χ3n) is 4.47. The number of pyridine rings is 1. The number of sulfonamides is 1. The summed E-state index contributed by atoms with van der Waals surface area (Å²) in [4.78, 5) is 15.3. The van der Waals surface area contributed by atoms with Gasteiger partial charge in [0.1, 0.15) is 17.5 Å². The van der Waals surface area contributed by atoms with Gasteiger partial charge in [0.05, 0.1) is 18.0 Å². The fourth-order valence-corrected chi connectivity index (χ4v) is 4.76. The van der Waals surface area contributed by atoms with E-state index in [4.69, 9.17) is 10.5 Å². The molecule has 1 fully saturated rings. The number of amides is 1. The number of hydrogen-bond donors (Lipinski definition) is 1. The Morgan fingerprint density at radius 3 is 2.63 bits per heavy atom. The van der Waals surface area contributed by atoms with Crippen LogP contribution in [0.15, 0.2) is 65.7 Å². The molecular weight excluding hydrogens is 366 g/mol. The van der Waals surface area contributed by atoms with E-state index < -0.39 is 15.9 Å². The maximum atomic E-state index is 13.0. The van der Waals surface area contributed by atoms with Crippen molar-refractivity contribution in [1.82, 2.24) is 9.29 Å². The number of rotatable bonds is 5. The number of ether oxygens (including phenoxy) is 1. The highest BCUT2D eigenvalue weighted by atomic mass is 32.2. The van der Waals surface area contributed by atoms with Gasteiger partial charge in [-0.25, -0.2) is 8.42 Å². The topological polar surface area (TPSA) is 103 Å². The fourth-order valence-electron chi connectivity index (χ4n) is 3.04. The van der Waals surface area contributed by atoms with Crippen LogP contribution in [0.3, 0.4) is 0 Å². The monoisotopic (exact) mass is 383 g/mol. The lowest BCUT2D eigenvalue weighted by atomic mass is 10.1. The van der Waals surface area contributed by atoms with Crippen molar-refractivity contribution in [1.29, 1.82) is 0 Å². The quantitative estimate of drug-likeness (QED) is 0.723. The summed E-state index contributed by atoms with van der Waals surface area (Å²) >= 11 is 0. The van der Waals surface area contributed by atoms with Crippen LogP contribution in [-0.2, 0) is 10.0 Å². The van der Waals surface area contributed by atoms with E-state index in [0.717, 1.165) is 5.39 Å². The minimum absolute atomic E-state index is 0.104. The highest BCUT2D eigenvalue weighted by molar-refractivity contribution is 7.89. The van der Waals surface area contributed by atoms with E-state index in [1.54, 1.807) is 24.3 Å². The van der Waals surface area contributed by atoms with Crippen LogP contribution in [0.2, 0.25) is 0 Å². The van der Waals surface area contributed by atoms with Crippen molar-refractivity contribution in [3.05, 3.63) is 66.5 Å². The Kier molecular flexibility index (Phi) is 4.29. The predicted molar refractivity (Wildman–Crippen MR) is 99.9 cm³/mol. The lowest BCUT2D eigenvalue weighted by Gasteiger charge is -2.38. The summed E-state index contributed by atoms with van der Waals surface area (Å²) in [5.74, 6) is -0.208. The summed E-state index contributed by atoms with van der Waals surface area (Å²) in [6, 6.07) is 15.7. The molecule has 1 aliphatic rings. The second-order valence-corrected chi connectivity index (χ2v) is 8.19. The first-order chi connectivity index (χ1) is 12.9. The molecule has 27 heavy (non-hydrogen) atoms. The third kappa shape index (κ3) is 3.24. The van der Waals surface area contributed by atoms with Crippen molar-refractivity contribution in [2.45, 2.75) is 11.0 Å². The van der Waals surface area contributed by atoms with Crippen molar-refractivity contribution in [2.24, 2.45) is 5.73 Å². The van der Waals surface area contributed by atoms with Crippen LogP contribution in [0.1, 0.15) is 10.5 Å². The average Bonchev–Trinajstić information content (AvgIpc) is 2.64. The summed E-state index contributed by atoms with van der Waals surface area (Å²) in [6.07, 6.45) is 1.14. The molecule has 1 aromatic heterocycles. The molecule has 0 spiro atoms. The normalized spacial score (nSPS) is 15.4. The summed E-state index contributed by atoms with van der Waals surface area (Å²) in [5.41, 5.74) is 5.31. The number of benzene rings is 2. The van der Waals surface area contributed by atoms with Gasteiger partial charge >= 0.3 is 0 Å². The number of nitrogens with two attached hydrogens (primary N) is 1. The smallest absolute Gasteiger partial charge is 0.267 e. The number of nitrogens with zero attached hydrogens (tertiary/aromatic N) is 2.